The van der Waals surface area contributed by atoms with Crippen LogP contribution in [0, 0.1) is 5.92 Å². The summed E-state index contributed by atoms with van der Waals surface area (Å²) < 4.78 is 0. The molecule has 1 aliphatic carbocycles. The molecule has 1 amide bonds. The maximum atomic E-state index is 11.5. The summed E-state index contributed by atoms with van der Waals surface area (Å²) in [6.07, 6.45) is 5.96. The van der Waals surface area contributed by atoms with Gasteiger partial charge < -0.3 is 10.2 Å². The lowest BCUT2D eigenvalue weighted by molar-refractivity contribution is -0.130. The topological polar surface area (TPSA) is 32.3 Å². The van der Waals surface area contributed by atoms with Crippen LogP contribution in [0.5, 0.6) is 0 Å². The van der Waals surface area contributed by atoms with Gasteiger partial charge in [0.25, 0.3) is 0 Å². The first-order chi connectivity index (χ1) is 6.74. The average molecular weight is 198 g/mol. The zero-order valence-electron chi connectivity index (χ0n) is 9.38. The van der Waals surface area contributed by atoms with E-state index in [1.165, 1.54) is 25.7 Å². The molecule has 0 aromatic rings. The van der Waals surface area contributed by atoms with Crippen LogP contribution in [-0.4, -0.2) is 38.0 Å². The summed E-state index contributed by atoms with van der Waals surface area (Å²) in [5, 5.41) is 2.99. The standard InChI is InChI=1S/C11H22N2O/c1-12-8-6-11(14)13(2)9-7-10-4-3-5-10/h10,12H,3-9H2,1-2H3. The van der Waals surface area contributed by atoms with Gasteiger partial charge in [0.15, 0.2) is 0 Å². The van der Waals surface area contributed by atoms with Crippen LogP contribution >= 0.6 is 0 Å². The molecule has 0 aliphatic heterocycles. The molecule has 1 aliphatic rings. The molecule has 0 heterocycles. The number of nitrogens with one attached hydrogen (secondary N) is 1. The zero-order valence-corrected chi connectivity index (χ0v) is 9.38. The summed E-state index contributed by atoms with van der Waals surface area (Å²) in [5.41, 5.74) is 0. The fourth-order valence-electron chi connectivity index (χ4n) is 1.71. The molecule has 0 bridgehead atoms. The molecule has 1 N–H and O–H groups in total. The highest BCUT2D eigenvalue weighted by Crippen LogP contribution is 2.29. The number of carbonyl (C=O) groups excluding carboxylic acids is 1. The molecule has 3 nitrogen and oxygen atoms in total. The number of amides is 1. The van der Waals surface area contributed by atoms with Crippen LogP contribution in [0.1, 0.15) is 32.1 Å². The van der Waals surface area contributed by atoms with Crippen LogP contribution in [0.25, 0.3) is 0 Å². The zero-order chi connectivity index (χ0) is 10.4. The first-order valence-electron chi connectivity index (χ1n) is 5.62. The highest BCUT2D eigenvalue weighted by Gasteiger charge is 2.18. The van der Waals surface area contributed by atoms with E-state index in [2.05, 4.69) is 5.32 Å². The Bertz CT molecular complexity index is 178. The largest absolute Gasteiger partial charge is 0.346 e. The lowest BCUT2D eigenvalue weighted by Gasteiger charge is -2.27. The van der Waals surface area contributed by atoms with Gasteiger partial charge in [0.2, 0.25) is 5.91 Å². The number of nitrogens with zero attached hydrogens (tertiary/aromatic N) is 1. The van der Waals surface area contributed by atoms with Crippen molar-refractivity contribution in [1.29, 1.82) is 0 Å². The molecule has 0 unspecified atom stereocenters. The summed E-state index contributed by atoms with van der Waals surface area (Å²) in [4.78, 5) is 13.4. The highest BCUT2D eigenvalue weighted by molar-refractivity contribution is 5.75. The minimum Gasteiger partial charge on any atom is -0.346 e. The van der Waals surface area contributed by atoms with Crippen molar-refractivity contribution in [3.63, 3.8) is 0 Å². The summed E-state index contributed by atoms with van der Waals surface area (Å²) >= 11 is 0. The van der Waals surface area contributed by atoms with E-state index < -0.39 is 0 Å². The van der Waals surface area contributed by atoms with E-state index in [-0.39, 0.29) is 5.91 Å². The van der Waals surface area contributed by atoms with Crippen molar-refractivity contribution in [3.05, 3.63) is 0 Å². The molecule has 0 spiro atoms. The third-order valence-corrected chi connectivity index (χ3v) is 3.11. The number of hydrogen-bond acceptors (Lipinski definition) is 2. The SMILES string of the molecule is CNCCC(=O)N(C)CCC1CCC1. The van der Waals surface area contributed by atoms with Gasteiger partial charge >= 0.3 is 0 Å². The van der Waals surface area contributed by atoms with Gasteiger partial charge in [-0.05, 0) is 19.4 Å². The Hall–Kier alpha value is -0.570. The minimum absolute atomic E-state index is 0.263. The van der Waals surface area contributed by atoms with Crippen LogP contribution in [0.15, 0.2) is 0 Å². The lowest BCUT2D eigenvalue weighted by atomic mass is 9.83. The molecule has 1 rings (SSSR count). The van der Waals surface area contributed by atoms with Crippen LogP contribution in [0.2, 0.25) is 0 Å². The Labute approximate surface area is 86.9 Å². The average Bonchev–Trinajstić information content (AvgIpc) is 2.11. The molecule has 3 heteroatoms. The highest BCUT2D eigenvalue weighted by atomic mass is 16.2. The van der Waals surface area contributed by atoms with Crippen LogP contribution in [0.4, 0.5) is 0 Å². The van der Waals surface area contributed by atoms with E-state index in [0.29, 0.717) is 6.42 Å². The minimum atomic E-state index is 0.263. The Morgan fingerprint density at radius 1 is 1.50 bits per heavy atom. The Morgan fingerprint density at radius 2 is 2.21 bits per heavy atom. The predicted molar refractivity (Wildman–Crippen MR) is 58.1 cm³/mol. The molecule has 0 aromatic carbocycles. The predicted octanol–water partition coefficient (Wildman–Crippen LogP) is 1.24. The van der Waals surface area contributed by atoms with Crippen LogP contribution < -0.4 is 5.32 Å². The second kappa shape index (κ2) is 6.02. The quantitative estimate of drug-likeness (QED) is 0.696. The van der Waals surface area contributed by atoms with Gasteiger partial charge in [-0.3, -0.25) is 4.79 Å². The van der Waals surface area contributed by atoms with Crippen molar-refractivity contribution in [3.8, 4) is 0 Å². The van der Waals surface area contributed by atoms with Crippen LogP contribution in [0.3, 0.4) is 0 Å². The van der Waals surface area contributed by atoms with E-state index in [0.717, 1.165) is 19.0 Å². The first kappa shape index (κ1) is 11.5. The third-order valence-electron chi connectivity index (χ3n) is 3.11. The summed E-state index contributed by atoms with van der Waals surface area (Å²) in [7, 11) is 3.79. The molecule has 1 saturated carbocycles. The van der Waals surface area contributed by atoms with E-state index >= 15 is 0 Å². The second-order valence-electron chi connectivity index (χ2n) is 4.25. The monoisotopic (exact) mass is 198 g/mol. The Kier molecular flexibility index (Phi) is 4.94. The fraction of sp³-hybridized carbons (Fsp3) is 0.909. The maximum Gasteiger partial charge on any atom is 0.223 e. The summed E-state index contributed by atoms with van der Waals surface area (Å²) in [5.74, 6) is 1.16. The lowest BCUT2D eigenvalue weighted by Crippen LogP contribution is -2.31. The first-order valence-corrected chi connectivity index (χ1v) is 5.62. The molecule has 0 radical (unpaired) electrons. The van der Waals surface area contributed by atoms with Gasteiger partial charge in [0.05, 0.1) is 0 Å². The van der Waals surface area contributed by atoms with Crippen molar-refractivity contribution in [2.24, 2.45) is 5.92 Å². The molecule has 14 heavy (non-hydrogen) atoms. The van der Waals surface area contributed by atoms with Gasteiger partial charge in [0.1, 0.15) is 0 Å². The maximum absolute atomic E-state index is 11.5. The Balaban J connectivity index is 2.06. The van der Waals surface area contributed by atoms with Crippen molar-refractivity contribution >= 4 is 5.91 Å². The fourth-order valence-corrected chi connectivity index (χ4v) is 1.71. The summed E-state index contributed by atoms with van der Waals surface area (Å²) in [6, 6.07) is 0. The van der Waals surface area contributed by atoms with E-state index in [4.69, 9.17) is 0 Å². The normalized spacial score (nSPS) is 16.4. The van der Waals surface area contributed by atoms with Crippen molar-refractivity contribution in [1.82, 2.24) is 10.2 Å². The molecule has 1 fully saturated rings. The summed E-state index contributed by atoms with van der Waals surface area (Å²) in [6.45, 7) is 1.72. The molecule has 0 atom stereocenters. The molecule has 0 aromatic heterocycles. The van der Waals surface area contributed by atoms with Gasteiger partial charge in [-0.2, -0.15) is 0 Å². The van der Waals surface area contributed by atoms with Gasteiger partial charge in [-0.1, -0.05) is 19.3 Å². The number of hydrogen-bond donors (Lipinski definition) is 1. The van der Waals surface area contributed by atoms with E-state index in [1.807, 2.05) is 19.0 Å². The van der Waals surface area contributed by atoms with Crippen molar-refractivity contribution in [2.75, 3.05) is 27.2 Å². The number of carbonyl (C=O) groups is 1. The van der Waals surface area contributed by atoms with Crippen molar-refractivity contribution < 1.29 is 4.79 Å². The molecular formula is C11H22N2O. The van der Waals surface area contributed by atoms with Gasteiger partial charge in [-0.25, -0.2) is 0 Å². The Morgan fingerprint density at radius 3 is 2.71 bits per heavy atom. The smallest absolute Gasteiger partial charge is 0.223 e. The molecular weight excluding hydrogens is 176 g/mol. The number of rotatable bonds is 6. The van der Waals surface area contributed by atoms with Gasteiger partial charge in [0, 0.05) is 26.6 Å². The van der Waals surface area contributed by atoms with E-state index in [1.54, 1.807) is 0 Å². The van der Waals surface area contributed by atoms with Gasteiger partial charge in [-0.15, -0.1) is 0 Å². The van der Waals surface area contributed by atoms with E-state index in [9.17, 15) is 4.79 Å². The second-order valence-corrected chi connectivity index (χ2v) is 4.25. The van der Waals surface area contributed by atoms with Crippen molar-refractivity contribution in [2.45, 2.75) is 32.1 Å². The van der Waals surface area contributed by atoms with Crippen LogP contribution in [-0.2, 0) is 4.79 Å². The third kappa shape index (κ3) is 3.66. The molecule has 0 saturated heterocycles. The molecule has 82 valence electrons.